The van der Waals surface area contributed by atoms with Crippen LogP contribution in [0.1, 0.15) is 33.1 Å². The number of hydrogen-bond acceptors (Lipinski definition) is 3. The van der Waals surface area contributed by atoms with Crippen LogP contribution in [0, 0.1) is 0 Å². The van der Waals surface area contributed by atoms with E-state index in [9.17, 15) is 14.4 Å². The summed E-state index contributed by atoms with van der Waals surface area (Å²) in [5, 5.41) is 9.68. The molecule has 0 unspecified atom stereocenters. The summed E-state index contributed by atoms with van der Waals surface area (Å²) in [5.74, 6) is 0.221. The molecule has 0 spiro atoms. The van der Waals surface area contributed by atoms with Crippen LogP contribution in [0.2, 0.25) is 0 Å². The zero-order valence-electron chi connectivity index (χ0n) is 23.3. The molecule has 0 aromatic heterocycles. The van der Waals surface area contributed by atoms with Gasteiger partial charge in [-0.05, 0) is 33.1 Å². The molecule has 0 aromatic rings. The molecule has 1 fully saturated rings. The SMILES string of the molecule is CC[NH+](CC)CCNC(=O)CBr.C[NH+](C)CCNC(=O)CBr.O=C(CBr)NCC[NH+]1CCCCC1.[Cl-].[Cl-].[Cl-]. The molecule has 38 heavy (non-hydrogen) atoms. The normalized spacial score (nSPS) is 12.2. The summed E-state index contributed by atoms with van der Waals surface area (Å²) in [5.41, 5.74) is 0. The van der Waals surface area contributed by atoms with Gasteiger partial charge in [-0.25, -0.2) is 0 Å². The summed E-state index contributed by atoms with van der Waals surface area (Å²) in [6.07, 6.45) is 4.08. The van der Waals surface area contributed by atoms with Crippen molar-refractivity contribution >= 4 is 65.5 Å². The van der Waals surface area contributed by atoms with Crippen LogP contribution in [0.25, 0.3) is 0 Å². The average molecular weight is 805 g/mol. The molecule has 0 bridgehead atoms. The minimum atomic E-state index is 0. The summed E-state index contributed by atoms with van der Waals surface area (Å²) < 4.78 is 0. The van der Waals surface area contributed by atoms with Crippen LogP contribution in [0.4, 0.5) is 0 Å². The number of piperidine rings is 1. The number of hydrogen-bond donors (Lipinski definition) is 6. The molecular formula is C23H50Br3Cl3N6O3. The van der Waals surface area contributed by atoms with Crippen LogP contribution < -0.4 is 67.9 Å². The fraction of sp³-hybridized carbons (Fsp3) is 0.870. The maximum Gasteiger partial charge on any atom is 0.230 e. The first-order chi connectivity index (χ1) is 16.7. The Morgan fingerprint density at radius 3 is 1.45 bits per heavy atom. The predicted molar refractivity (Wildman–Crippen MR) is 154 cm³/mol. The molecule has 3 amide bonds. The van der Waals surface area contributed by atoms with Crippen molar-refractivity contribution in [3.05, 3.63) is 0 Å². The Morgan fingerprint density at radius 2 is 1.08 bits per heavy atom. The molecule has 15 heteroatoms. The van der Waals surface area contributed by atoms with E-state index in [2.05, 4.69) is 91.7 Å². The minimum Gasteiger partial charge on any atom is -1.00 e. The van der Waals surface area contributed by atoms with Crippen LogP contribution in [0.5, 0.6) is 0 Å². The summed E-state index contributed by atoms with van der Waals surface area (Å²) >= 11 is 9.28. The number of likely N-dealkylation sites (N-methyl/N-ethyl adjacent to an activating group) is 2. The molecule has 1 aliphatic heterocycles. The first-order valence-corrected chi connectivity index (χ1v) is 16.0. The number of likely N-dealkylation sites (tertiary alicyclic amines) is 1. The number of nitrogens with one attached hydrogen (secondary N) is 6. The number of amides is 3. The van der Waals surface area contributed by atoms with Crippen molar-refractivity contribution in [3.63, 3.8) is 0 Å². The maximum absolute atomic E-state index is 10.9. The molecule has 1 aliphatic rings. The quantitative estimate of drug-likeness (QED) is 0.0986. The highest BCUT2D eigenvalue weighted by Crippen LogP contribution is 1.93. The standard InChI is InChI=1S/C9H17BrN2O.C8H17BrN2O.C6H13BrN2O.3ClH/c10-8-9(13)11-4-7-12-5-2-1-3-6-12;1-3-11(4-2)6-5-10-8(12)7-9;1-9(2)4-3-8-6(10)5-7;;;/h1-8H2,(H,11,13);3-7H2,1-2H3,(H,10,12);3-5H2,1-2H3,(H,8,10);3*1H. The lowest BCUT2D eigenvalue weighted by Gasteiger charge is -2.23. The van der Waals surface area contributed by atoms with Gasteiger partial charge >= 0.3 is 0 Å². The Morgan fingerprint density at radius 1 is 0.684 bits per heavy atom. The molecule has 6 N–H and O–H groups in total. The van der Waals surface area contributed by atoms with Crippen LogP contribution in [-0.4, -0.2) is 113 Å². The van der Waals surface area contributed by atoms with E-state index in [1.165, 1.54) is 42.2 Å². The number of alkyl halides is 3. The number of quaternary nitrogens is 3. The average Bonchev–Trinajstić information content (AvgIpc) is 2.87. The second-order valence-electron chi connectivity index (χ2n) is 8.68. The second kappa shape index (κ2) is 35.6. The third-order valence-corrected chi connectivity index (χ3v) is 7.00. The van der Waals surface area contributed by atoms with Crippen molar-refractivity contribution in [3.8, 4) is 0 Å². The smallest absolute Gasteiger partial charge is 0.230 e. The highest BCUT2D eigenvalue weighted by molar-refractivity contribution is 9.09. The largest absolute Gasteiger partial charge is 1.00 e. The van der Waals surface area contributed by atoms with Gasteiger partial charge in [0.05, 0.1) is 95.5 Å². The fourth-order valence-electron chi connectivity index (χ4n) is 3.26. The third kappa shape index (κ3) is 34.6. The Hall–Kier alpha value is 0.600. The highest BCUT2D eigenvalue weighted by atomic mass is 79.9. The summed E-state index contributed by atoms with van der Waals surface area (Å²) in [7, 11) is 4.11. The number of rotatable bonds is 14. The van der Waals surface area contributed by atoms with E-state index in [4.69, 9.17) is 0 Å². The number of carbonyl (C=O) groups is 3. The van der Waals surface area contributed by atoms with Crippen LogP contribution >= 0.6 is 47.8 Å². The van der Waals surface area contributed by atoms with Gasteiger partial charge in [0.2, 0.25) is 17.7 Å². The molecule has 0 aromatic carbocycles. The number of halogens is 6. The summed E-state index contributed by atoms with van der Waals surface area (Å²) in [6.45, 7) is 14.6. The van der Waals surface area contributed by atoms with Crippen molar-refractivity contribution in [2.24, 2.45) is 0 Å². The van der Waals surface area contributed by atoms with Crippen molar-refractivity contribution in [1.29, 1.82) is 0 Å². The van der Waals surface area contributed by atoms with E-state index >= 15 is 0 Å². The van der Waals surface area contributed by atoms with Crippen LogP contribution in [0.15, 0.2) is 0 Å². The predicted octanol–water partition coefficient (Wildman–Crippen LogP) is -11.4. The fourth-order valence-corrected chi connectivity index (χ4v) is 3.85. The van der Waals surface area contributed by atoms with Gasteiger partial charge in [-0.2, -0.15) is 0 Å². The Kier molecular flexibility index (Phi) is 45.3. The second-order valence-corrected chi connectivity index (χ2v) is 10.4. The first kappa shape index (κ1) is 48.3. The lowest BCUT2D eigenvalue weighted by Crippen LogP contribution is -3.13. The van der Waals surface area contributed by atoms with Gasteiger partial charge in [-0.1, -0.05) is 47.8 Å². The van der Waals surface area contributed by atoms with Gasteiger partial charge in [0, 0.05) is 0 Å². The van der Waals surface area contributed by atoms with Crippen molar-refractivity contribution < 1.29 is 66.3 Å². The monoisotopic (exact) mass is 800 g/mol. The maximum atomic E-state index is 10.9. The van der Waals surface area contributed by atoms with Gasteiger partial charge in [0.25, 0.3) is 0 Å². The van der Waals surface area contributed by atoms with Crippen LogP contribution in [-0.2, 0) is 14.4 Å². The molecule has 0 aliphatic carbocycles. The van der Waals surface area contributed by atoms with Crippen molar-refractivity contribution in [2.75, 3.05) is 95.5 Å². The Labute approximate surface area is 274 Å². The van der Waals surface area contributed by atoms with Gasteiger partial charge < -0.3 is 67.9 Å². The van der Waals surface area contributed by atoms with E-state index in [0.717, 1.165) is 52.4 Å². The van der Waals surface area contributed by atoms with Gasteiger partial charge in [0.1, 0.15) is 0 Å². The zero-order valence-corrected chi connectivity index (χ0v) is 30.3. The summed E-state index contributed by atoms with van der Waals surface area (Å²) in [4.78, 5) is 36.8. The molecule has 1 heterocycles. The Balaban J connectivity index is -0.000000139. The minimum absolute atomic E-state index is 0. The molecule has 0 radical (unpaired) electrons. The third-order valence-electron chi connectivity index (χ3n) is 5.47. The molecule has 0 saturated carbocycles. The summed E-state index contributed by atoms with van der Waals surface area (Å²) in [6, 6.07) is 0. The molecule has 9 nitrogen and oxygen atoms in total. The molecule has 0 atom stereocenters. The molecule has 1 saturated heterocycles. The zero-order chi connectivity index (χ0) is 26.9. The first-order valence-electron chi connectivity index (χ1n) is 12.7. The molecule has 232 valence electrons. The molecular weight excluding hydrogens is 754 g/mol. The van der Waals surface area contributed by atoms with Crippen molar-refractivity contribution in [2.45, 2.75) is 33.1 Å². The Bertz CT molecular complexity index is 550. The van der Waals surface area contributed by atoms with Crippen molar-refractivity contribution in [1.82, 2.24) is 16.0 Å². The lowest BCUT2D eigenvalue weighted by molar-refractivity contribution is -0.903. The van der Waals surface area contributed by atoms with Crippen LogP contribution in [0.3, 0.4) is 0 Å². The van der Waals surface area contributed by atoms with Gasteiger partial charge in [-0.15, -0.1) is 0 Å². The molecule has 1 rings (SSSR count). The van der Waals surface area contributed by atoms with E-state index < -0.39 is 0 Å². The van der Waals surface area contributed by atoms with Gasteiger partial charge in [-0.3, -0.25) is 14.4 Å². The van der Waals surface area contributed by atoms with E-state index in [-0.39, 0.29) is 54.9 Å². The van der Waals surface area contributed by atoms with E-state index in [1.807, 2.05) is 0 Å². The number of carbonyl (C=O) groups excluding carboxylic acids is 3. The lowest BCUT2D eigenvalue weighted by atomic mass is 10.1. The van der Waals surface area contributed by atoms with E-state index in [0.29, 0.717) is 16.0 Å². The highest BCUT2D eigenvalue weighted by Gasteiger charge is 2.12. The van der Waals surface area contributed by atoms with Gasteiger partial charge in [0.15, 0.2) is 0 Å². The topological polar surface area (TPSA) is 101 Å². The van der Waals surface area contributed by atoms with E-state index in [1.54, 1.807) is 4.90 Å².